The van der Waals surface area contributed by atoms with E-state index in [1.54, 1.807) is 25.1 Å². The van der Waals surface area contributed by atoms with Crippen molar-refractivity contribution in [1.82, 2.24) is 10.1 Å². The summed E-state index contributed by atoms with van der Waals surface area (Å²) in [6, 6.07) is 11.2. The Labute approximate surface area is 198 Å². The largest absolute Gasteiger partial charge is 0.493 e. The number of carbonyl (C=O) groups is 1. The highest BCUT2D eigenvalue weighted by Crippen LogP contribution is 2.31. The van der Waals surface area contributed by atoms with Gasteiger partial charge in [-0.15, -0.1) is 0 Å². The molecule has 1 aliphatic rings. The molecule has 0 fully saturated rings. The second-order valence-corrected chi connectivity index (χ2v) is 8.01. The molecular formula is C26H28N2O6. The number of rotatable bonds is 8. The predicted octanol–water partition coefficient (Wildman–Crippen LogP) is 4.32. The highest BCUT2D eigenvalue weighted by atomic mass is 16.6. The summed E-state index contributed by atoms with van der Waals surface area (Å²) < 4.78 is 27.7. The Kier molecular flexibility index (Phi) is 7.06. The van der Waals surface area contributed by atoms with Crippen molar-refractivity contribution in [3.63, 3.8) is 0 Å². The molecule has 0 saturated heterocycles. The molecule has 1 aromatic heterocycles. The SMILES string of the molecule is COc1cc(C=CC(=O)N(C)Cc2ccc3c(c2)OCCO3)ccc1OCc1c(C)noc1C. The molecule has 34 heavy (non-hydrogen) atoms. The van der Waals surface area contributed by atoms with Crippen molar-refractivity contribution in [2.45, 2.75) is 27.0 Å². The lowest BCUT2D eigenvalue weighted by molar-refractivity contribution is -0.125. The molecule has 0 radical (unpaired) electrons. The van der Waals surface area contributed by atoms with E-state index in [1.165, 1.54) is 6.08 Å². The van der Waals surface area contributed by atoms with Gasteiger partial charge in [-0.3, -0.25) is 4.79 Å². The first kappa shape index (κ1) is 23.2. The zero-order valence-corrected chi connectivity index (χ0v) is 19.8. The molecule has 0 atom stereocenters. The lowest BCUT2D eigenvalue weighted by atomic mass is 10.1. The number of hydrogen-bond acceptors (Lipinski definition) is 7. The Balaban J connectivity index is 1.38. The fourth-order valence-electron chi connectivity index (χ4n) is 3.60. The molecule has 0 unspecified atom stereocenters. The quantitative estimate of drug-likeness (QED) is 0.459. The Hall–Kier alpha value is -3.94. The van der Waals surface area contributed by atoms with E-state index in [1.807, 2.05) is 50.2 Å². The molecule has 8 heteroatoms. The zero-order chi connectivity index (χ0) is 24.1. The Morgan fingerprint density at radius 1 is 1.09 bits per heavy atom. The van der Waals surface area contributed by atoms with Crippen LogP contribution >= 0.6 is 0 Å². The van der Waals surface area contributed by atoms with E-state index in [0.717, 1.165) is 33.9 Å². The van der Waals surface area contributed by atoms with Crippen molar-refractivity contribution < 1.29 is 28.3 Å². The van der Waals surface area contributed by atoms with Crippen LogP contribution in [-0.4, -0.2) is 43.3 Å². The zero-order valence-electron chi connectivity index (χ0n) is 19.8. The van der Waals surface area contributed by atoms with Crippen LogP contribution in [0.2, 0.25) is 0 Å². The third-order valence-electron chi connectivity index (χ3n) is 5.56. The van der Waals surface area contributed by atoms with Crippen molar-refractivity contribution in [1.29, 1.82) is 0 Å². The van der Waals surface area contributed by atoms with Gasteiger partial charge in [-0.1, -0.05) is 17.3 Å². The average Bonchev–Trinajstić information content (AvgIpc) is 3.18. The van der Waals surface area contributed by atoms with Gasteiger partial charge in [0.2, 0.25) is 5.91 Å². The number of carbonyl (C=O) groups excluding carboxylic acids is 1. The normalized spacial score (nSPS) is 12.6. The number of methoxy groups -OCH3 is 1. The first-order chi connectivity index (χ1) is 16.4. The van der Waals surface area contributed by atoms with Crippen LogP contribution in [0, 0.1) is 13.8 Å². The molecule has 3 aromatic rings. The van der Waals surface area contributed by atoms with E-state index in [4.69, 9.17) is 23.5 Å². The number of aromatic nitrogens is 1. The molecule has 2 heterocycles. The van der Waals surface area contributed by atoms with Crippen molar-refractivity contribution in [3.8, 4) is 23.0 Å². The van der Waals surface area contributed by atoms with Crippen LogP contribution in [0.1, 0.15) is 28.1 Å². The van der Waals surface area contributed by atoms with Crippen molar-refractivity contribution >= 4 is 12.0 Å². The van der Waals surface area contributed by atoms with E-state index < -0.39 is 0 Å². The fraction of sp³-hybridized carbons (Fsp3) is 0.308. The van der Waals surface area contributed by atoms with Crippen molar-refractivity contribution in [2.24, 2.45) is 0 Å². The van der Waals surface area contributed by atoms with Gasteiger partial charge in [0.05, 0.1) is 18.4 Å². The van der Waals surface area contributed by atoms with E-state index in [0.29, 0.717) is 43.6 Å². The maximum absolute atomic E-state index is 12.6. The molecule has 2 aromatic carbocycles. The predicted molar refractivity (Wildman–Crippen MR) is 126 cm³/mol. The highest BCUT2D eigenvalue weighted by Gasteiger charge is 2.14. The standard InChI is InChI=1S/C26H28N2O6/c1-17-21(18(2)34-27-17)16-33-22-8-5-19(13-24(22)30-4)7-10-26(29)28(3)15-20-6-9-23-25(14-20)32-12-11-31-23/h5-10,13-14H,11-12,15-16H2,1-4H3. The topological polar surface area (TPSA) is 83.3 Å². The van der Waals surface area contributed by atoms with Gasteiger partial charge in [0, 0.05) is 19.7 Å². The van der Waals surface area contributed by atoms with Crippen LogP contribution in [0.4, 0.5) is 0 Å². The van der Waals surface area contributed by atoms with Crippen LogP contribution in [0.25, 0.3) is 6.08 Å². The molecule has 1 aliphatic heterocycles. The van der Waals surface area contributed by atoms with Crippen LogP contribution in [0.15, 0.2) is 47.0 Å². The second-order valence-electron chi connectivity index (χ2n) is 8.01. The molecule has 1 amide bonds. The number of fused-ring (bicyclic) bond motifs is 1. The summed E-state index contributed by atoms with van der Waals surface area (Å²) >= 11 is 0. The molecule has 8 nitrogen and oxygen atoms in total. The number of ether oxygens (including phenoxy) is 4. The van der Waals surface area contributed by atoms with E-state index in [2.05, 4.69) is 5.16 Å². The molecule has 0 saturated carbocycles. The van der Waals surface area contributed by atoms with Gasteiger partial charge in [-0.25, -0.2) is 0 Å². The van der Waals surface area contributed by atoms with Gasteiger partial charge in [-0.2, -0.15) is 0 Å². The first-order valence-electron chi connectivity index (χ1n) is 11.0. The van der Waals surface area contributed by atoms with E-state index in [-0.39, 0.29) is 5.91 Å². The van der Waals surface area contributed by atoms with Crippen molar-refractivity contribution in [2.75, 3.05) is 27.4 Å². The number of amides is 1. The summed E-state index contributed by atoms with van der Waals surface area (Å²) in [5, 5.41) is 3.94. The number of hydrogen-bond donors (Lipinski definition) is 0. The minimum Gasteiger partial charge on any atom is -0.493 e. The fourth-order valence-corrected chi connectivity index (χ4v) is 3.60. The minimum absolute atomic E-state index is 0.118. The Morgan fingerprint density at radius 2 is 1.88 bits per heavy atom. The van der Waals surface area contributed by atoms with Gasteiger partial charge < -0.3 is 28.4 Å². The average molecular weight is 465 g/mol. The van der Waals surface area contributed by atoms with E-state index >= 15 is 0 Å². The summed E-state index contributed by atoms with van der Waals surface area (Å²) in [6.45, 7) is 5.59. The third kappa shape index (κ3) is 5.33. The summed E-state index contributed by atoms with van der Waals surface area (Å²) in [5.74, 6) is 3.23. The van der Waals surface area contributed by atoms with Crippen LogP contribution in [0.3, 0.4) is 0 Å². The maximum atomic E-state index is 12.6. The highest BCUT2D eigenvalue weighted by molar-refractivity contribution is 5.91. The molecule has 178 valence electrons. The smallest absolute Gasteiger partial charge is 0.246 e. The summed E-state index contributed by atoms with van der Waals surface area (Å²) in [4.78, 5) is 14.3. The monoisotopic (exact) mass is 464 g/mol. The van der Waals surface area contributed by atoms with Gasteiger partial charge in [0.25, 0.3) is 0 Å². The number of likely N-dealkylation sites (N-methyl/N-ethyl adjacent to an activating group) is 1. The number of benzene rings is 2. The van der Waals surface area contributed by atoms with E-state index in [9.17, 15) is 4.79 Å². The molecule has 0 N–H and O–H groups in total. The third-order valence-corrected chi connectivity index (χ3v) is 5.56. The Morgan fingerprint density at radius 3 is 2.62 bits per heavy atom. The van der Waals surface area contributed by atoms with Crippen LogP contribution < -0.4 is 18.9 Å². The molecule has 4 rings (SSSR count). The van der Waals surface area contributed by atoms with Gasteiger partial charge in [-0.05, 0) is 55.3 Å². The first-order valence-corrected chi connectivity index (χ1v) is 11.0. The van der Waals surface area contributed by atoms with Crippen molar-refractivity contribution in [3.05, 3.63) is 70.6 Å². The minimum atomic E-state index is -0.118. The lowest BCUT2D eigenvalue weighted by Crippen LogP contribution is -2.24. The summed E-state index contributed by atoms with van der Waals surface area (Å²) in [5.41, 5.74) is 3.50. The van der Waals surface area contributed by atoms with Gasteiger partial charge in [0.15, 0.2) is 23.0 Å². The molecule has 0 aliphatic carbocycles. The van der Waals surface area contributed by atoms with Gasteiger partial charge in [0.1, 0.15) is 25.6 Å². The van der Waals surface area contributed by atoms with Crippen LogP contribution in [0.5, 0.6) is 23.0 Å². The summed E-state index contributed by atoms with van der Waals surface area (Å²) in [6.07, 6.45) is 3.29. The maximum Gasteiger partial charge on any atom is 0.246 e. The molecule has 0 bridgehead atoms. The summed E-state index contributed by atoms with van der Waals surface area (Å²) in [7, 11) is 3.34. The second kappa shape index (κ2) is 10.3. The number of nitrogens with zero attached hydrogens (tertiary/aromatic N) is 2. The molecular weight excluding hydrogens is 436 g/mol. The number of aryl methyl sites for hydroxylation is 2. The van der Waals surface area contributed by atoms with Gasteiger partial charge >= 0.3 is 0 Å². The lowest BCUT2D eigenvalue weighted by Gasteiger charge is -2.20. The Bertz CT molecular complexity index is 1180. The van der Waals surface area contributed by atoms with Crippen LogP contribution in [-0.2, 0) is 17.9 Å². The molecule has 0 spiro atoms.